The van der Waals surface area contributed by atoms with Gasteiger partial charge in [0.25, 0.3) is 0 Å². The van der Waals surface area contributed by atoms with Crippen molar-refractivity contribution in [3.05, 3.63) is 40.3 Å². The molecule has 2 N–H and O–H groups in total. The maximum absolute atomic E-state index is 12.8. The first kappa shape index (κ1) is 15.2. The minimum atomic E-state index is -0.883. The molecule has 0 bridgehead atoms. The molecule has 1 aromatic rings. The van der Waals surface area contributed by atoms with Crippen molar-refractivity contribution >= 4 is 5.69 Å². The Morgan fingerprint density at radius 2 is 2.16 bits per heavy atom. The minimum absolute atomic E-state index is 0.0449. The summed E-state index contributed by atoms with van der Waals surface area (Å²) in [5.41, 5.74) is 9.97. The molecule has 0 spiro atoms. The lowest BCUT2D eigenvalue weighted by atomic mass is 10.0. The standard InChI is InChI=1S/C12H17FN4O2/c1-19-12(11(8-13)16-17-14)9-2-4-10(5-3-9)15-6-7-18/h2-5,11-12,15,18H,6-8H2,1H3/t11-,12-/m1/s1. The van der Waals surface area contributed by atoms with Gasteiger partial charge in [0.15, 0.2) is 0 Å². The van der Waals surface area contributed by atoms with Gasteiger partial charge in [0, 0.05) is 24.3 Å². The number of halogens is 1. The van der Waals surface area contributed by atoms with Crippen LogP contribution in [0.25, 0.3) is 10.4 Å². The topological polar surface area (TPSA) is 90.2 Å². The van der Waals surface area contributed by atoms with E-state index in [2.05, 4.69) is 15.3 Å². The van der Waals surface area contributed by atoms with E-state index < -0.39 is 18.8 Å². The van der Waals surface area contributed by atoms with Crippen molar-refractivity contribution in [2.24, 2.45) is 5.11 Å². The Labute approximate surface area is 110 Å². The Bertz CT molecular complexity index is 420. The quantitative estimate of drug-likeness (QED) is 0.431. The summed E-state index contributed by atoms with van der Waals surface area (Å²) in [4.78, 5) is 2.62. The zero-order valence-electron chi connectivity index (χ0n) is 10.7. The lowest BCUT2D eigenvalue weighted by molar-refractivity contribution is 0.0722. The molecule has 0 amide bonds. The van der Waals surface area contributed by atoms with Crippen LogP contribution in [-0.2, 0) is 4.74 Å². The van der Waals surface area contributed by atoms with E-state index in [1.807, 2.05) is 0 Å². The molecular formula is C12H17FN4O2. The molecule has 0 fully saturated rings. The molecule has 6 nitrogen and oxygen atoms in total. The number of aliphatic hydroxyl groups is 1. The molecule has 0 heterocycles. The summed E-state index contributed by atoms with van der Waals surface area (Å²) in [5, 5.41) is 15.1. The van der Waals surface area contributed by atoms with Gasteiger partial charge in [0.05, 0.1) is 18.8 Å². The zero-order valence-corrected chi connectivity index (χ0v) is 10.7. The molecule has 0 aliphatic heterocycles. The second-order valence-corrected chi connectivity index (χ2v) is 3.86. The summed E-state index contributed by atoms with van der Waals surface area (Å²) in [6.45, 7) is -0.283. The van der Waals surface area contributed by atoms with Crippen molar-refractivity contribution in [2.45, 2.75) is 12.1 Å². The van der Waals surface area contributed by atoms with Gasteiger partial charge >= 0.3 is 0 Å². The van der Waals surface area contributed by atoms with Gasteiger partial charge in [0.1, 0.15) is 6.67 Å². The summed E-state index contributed by atoms with van der Waals surface area (Å²) >= 11 is 0. The number of anilines is 1. The van der Waals surface area contributed by atoms with Gasteiger partial charge in [-0.2, -0.15) is 0 Å². The van der Waals surface area contributed by atoms with Crippen LogP contribution in [0.3, 0.4) is 0 Å². The number of methoxy groups -OCH3 is 1. The summed E-state index contributed by atoms with van der Waals surface area (Å²) in [6, 6.07) is 6.24. The average molecular weight is 268 g/mol. The number of rotatable bonds is 8. The molecular weight excluding hydrogens is 251 g/mol. The van der Waals surface area contributed by atoms with E-state index in [4.69, 9.17) is 15.4 Å². The highest BCUT2D eigenvalue weighted by Gasteiger charge is 2.21. The van der Waals surface area contributed by atoms with Gasteiger partial charge in [-0.3, -0.25) is 4.39 Å². The summed E-state index contributed by atoms with van der Waals surface area (Å²) in [7, 11) is 1.44. The van der Waals surface area contributed by atoms with Crippen molar-refractivity contribution in [3.63, 3.8) is 0 Å². The molecule has 19 heavy (non-hydrogen) atoms. The third-order valence-corrected chi connectivity index (χ3v) is 2.64. The van der Waals surface area contributed by atoms with Crippen molar-refractivity contribution in [3.8, 4) is 0 Å². The van der Waals surface area contributed by atoms with Gasteiger partial charge in [-0.05, 0) is 23.2 Å². The Morgan fingerprint density at radius 3 is 2.63 bits per heavy atom. The number of nitrogens with zero attached hydrogens (tertiary/aromatic N) is 3. The van der Waals surface area contributed by atoms with Crippen molar-refractivity contribution in [1.82, 2.24) is 0 Å². The van der Waals surface area contributed by atoms with Crippen LogP contribution in [0, 0.1) is 0 Å². The van der Waals surface area contributed by atoms with Gasteiger partial charge in [0.2, 0.25) is 0 Å². The van der Waals surface area contributed by atoms with E-state index in [-0.39, 0.29) is 6.61 Å². The average Bonchev–Trinajstić information content (AvgIpc) is 2.46. The first-order chi connectivity index (χ1) is 9.26. The number of ether oxygens (including phenoxy) is 1. The van der Waals surface area contributed by atoms with Crippen LogP contribution in [0.4, 0.5) is 10.1 Å². The number of hydrogen-bond donors (Lipinski definition) is 2. The van der Waals surface area contributed by atoms with Gasteiger partial charge < -0.3 is 15.2 Å². The smallest absolute Gasteiger partial charge is 0.101 e. The second kappa shape index (κ2) is 8.31. The number of azide groups is 1. The van der Waals surface area contributed by atoms with Crippen molar-refractivity contribution in [1.29, 1.82) is 0 Å². The Balaban J connectivity index is 2.83. The third-order valence-electron chi connectivity index (χ3n) is 2.64. The number of hydrogen-bond acceptors (Lipinski definition) is 4. The monoisotopic (exact) mass is 268 g/mol. The fourth-order valence-electron chi connectivity index (χ4n) is 1.74. The highest BCUT2D eigenvalue weighted by molar-refractivity contribution is 5.45. The van der Waals surface area contributed by atoms with E-state index in [0.29, 0.717) is 6.54 Å². The predicted octanol–water partition coefficient (Wildman–Crippen LogP) is 2.43. The third kappa shape index (κ3) is 4.40. The molecule has 2 atom stereocenters. The highest BCUT2D eigenvalue weighted by Crippen LogP contribution is 2.25. The second-order valence-electron chi connectivity index (χ2n) is 3.86. The molecule has 1 rings (SSSR count). The summed E-state index contributed by atoms with van der Waals surface area (Å²) in [6.07, 6.45) is -0.618. The molecule has 0 aliphatic carbocycles. The van der Waals surface area contributed by atoms with E-state index in [9.17, 15) is 4.39 Å². The van der Waals surface area contributed by atoms with Crippen LogP contribution < -0.4 is 5.32 Å². The molecule has 0 aliphatic rings. The fraction of sp³-hybridized carbons (Fsp3) is 0.500. The normalized spacial score (nSPS) is 13.4. The maximum atomic E-state index is 12.8. The number of aliphatic hydroxyl groups excluding tert-OH is 1. The largest absolute Gasteiger partial charge is 0.395 e. The van der Waals surface area contributed by atoms with Crippen LogP contribution in [0.2, 0.25) is 0 Å². The fourth-order valence-corrected chi connectivity index (χ4v) is 1.74. The molecule has 0 radical (unpaired) electrons. The summed E-state index contributed by atoms with van der Waals surface area (Å²) < 4.78 is 18.0. The summed E-state index contributed by atoms with van der Waals surface area (Å²) in [5.74, 6) is 0. The van der Waals surface area contributed by atoms with Gasteiger partial charge in [-0.15, -0.1) is 0 Å². The highest BCUT2D eigenvalue weighted by atomic mass is 19.1. The Hall–Kier alpha value is -1.82. The van der Waals surface area contributed by atoms with Crippen LogP contribution in [0.1, 0.15) is 11.7 Å². The van der Waals surface area contributed by atoms with Crippen LogP contribution in [0.5, 0.6) is 0 Å². The molecule has 0 unspecified atom stereocenters. The lowest BCUT2D eigenvalue weighted by Gasteiger charge is -2.20. The molecule has 0 saturated heterocycles. The predicted molar refractivity (Wildman–Crippen MR) is 70.7 cm³/mol. The van der Waals surface area contributed by atoms with E-state index >= 15 is 0 Å². The molecule has 1 aromatic carbocycles. The molecule has 0 saturated carbocycles. The van der Waals surface area contributed by atoms with Crippen molar-refractivity contribution < 1.29 is 14.2 Å². The van der Waals surface area contributed by atoms with Crippen LogP contribution in [0.15, 0.2) is 29.4 Å². The molecule has 0 aromatic heterocycles. The van der Waals surface area contributed by atoms with E-state index in [1.54, 1.807) is 24.3 Å². The van der Waals surface area contributed by atoms with Gasteiger partial charge in [-0.25, -0.2) is 0 Å². The lowest BCUT2D eigenvalue weighted by Crippen LogP contribution is -2.20. The first-order valence-corrected chi connectivity index (χ1v) is 5.84. The van der Waals surface area contributed by atoms with Gasteiger partial charge in [-0.1, -0.05) is 17.2 Å². The van der Waals surface area contributed by atoms with E-state index in [0.717, 1.165) is 11.3 Å². The molecule has 7 heteroatoms. The number of nitrogens with one attached hydrogen (secondary N) is 1. The SMILES string of the molecule is CO[C@H](c1ccc(NCCO)cc1)[C@@H](CF)N=[N+]=[N-]. The van der Waals surface area contributed by atoms with Crippen molar-refractivity contribution in [2.75, 3.05) is 32.3 Å². The number of benzene rings is 1. The van der Waals surface area contributed by atoms with Crippen LogP contribution >= 0.6 is 0 Å². The molecule has 104 valence electrons. The zero-order chi connectivity index (χ0) is 14.1. The minimum Gasteiger partial charge on any atom is -0.395 e. The maximum Gasteiger partial charge on any atom is 0.101 e. The van der Waals surface area contributed by atoms with Crippen LogP contribution in [-0.4, -0.2) is 38.1 Å². The Kier molecular flexibility index (Phi) is 6.67. The van der Waals surface area contributed by atoms with E-state index in [1.165, 1.54) is 7.11 Å². The Morgan fingerprint density at radius 1 is 1.47 bits per heavy atom. The first-order valence-electron chi connectivity index (χ1n) is 5.84. The number of alkyl halides is 1.